The molecular weight excluding hydrogens is 320 g/mol. The first-order valence-electron chi connectivity index (χ1n) is 7.98. The van der Waals surface area contributed by atoms with Gasteiger partial charge in [0, 0.05) is 36.1 Å². The number of tetrazole rings is 1. The highest BCUT2D eigenvalue weighted by Gasteiger charge is 2.28. The predicted octanol–water partition coefficient (Wildman–Crippen LogP) is 1.63. The van der Waals surface area contributed by atoms with Crippen LogP contribution in [0.2, 0.25) is 0 Å². The molecular formula is C17H16N6O2. The van der Waals surface area contributed by atoms with E-state index in [2.05, 4.69) is 20.8 Å². The maximum absolute atomic E-state index is 12.2. The van der Waals surface area contributed by atoms with Gasteiger partial charge in [-0.25, -0.2) is 4.68 Å². The molecule has 1 aromatic carbocycles. The first-order chi connectivity index (χ1) is 12.1. The van der Waals surface area contributed by atoms with Crippen LogP contribution in [0.3, 0.4) is 0 Å². The first-order valence-corrected chi connectivity index (χ1v) is 7.98. The number of hydrogen-bond donors (Lipinski definition) is 1. The van der Waals surface area contributed by atoms with Gasteiger partial charge in [0.1, 0.15) is 0 Å². The number of nitrogens with one attached hydrogen (secondary N) is 1. The van der Waals surface area contributed by atoms with Crippen molar-refractivity contribution in [2.24, 2.45) is 7.05 Å². The van der Waals surface area contributed by atoms with Gasteiger partial charge in [-0.1, -0.05) is 0 Å². The molecule has 25 heavy (non-hydrogen) atoms. The van der Waals surface area contributed by atoms with Gasteiger partial charge in [-0.05, 0) is 53.6 Å². The predicted molar refractivity (Wildman–Crippen MR) is 91.2 cm³/mol. The summed E-state index contributed by atoms with van der Waals surface area (Å²) in [5.74, 6) is 0.403. The van der Waals surface area contributed by atoms with Crippen LogP contribution < -0.4 is 10.9 Å². The highest BCUT2D eigenvalue weighted by molar-refractivity contribution is 6.04. The van der Waals surface area contributed by atoms with Crippen molar-refractivity contribution in [3.05, 3.63) is 58.5 Å². The Labute approximate surface area is 143 Å². The fourth-order valence-electron chi connectivity index (χ4n) is 2.54. The summed E-state index contributed by atoms with van der Waals surface area (Å²) in [5.41, 5.74) is 1.63. The Bertz CT molecular complexity index is 985. The largest absolute Gasteiger partial charge is 0.322 e. The Hall–Kier alpha value is -3.29. The fourth-order valence-corrected chi connectivity index (χ4v) is 2.54. The second kappa shape index (κ2) is 5.97. The zero-order chi connectivity index (χ0) is 17.4. The van der Waals surface area contributed by atoms with E-state index in [1.807, 2.05) is 16.8 Å². The highest BCUT2D eigenvalue weighted by Crippen LogP contribution is 2.36. The number of nitrogens with zero attached hydrogens (tertiary/aromatic N) is 5. The number of pyridine rings is 1. The maximum Gasteiger partial charge on any atom is 0.255 e. The molecule has 0 aliphatic heterocycles. The van der Waals surface area contributed by atoms with E-state index >= 15 is 0 Å². The third-order valence-corrected chi connectivity index (χ3v) is 4.15. The molecule has 4 rings (SSSR count). The van der Waals surface area contributed by atoms with Crippen LogP contribution in [0.15, 0.2) is 47.4 Å². The molecule has 126 valence electrons. The van der Waals surface area contributed by atoms with Crippen LogP contribution in [0.5, 0.6) is 0 Å². The molecule has 8 nitrogen and oxygen atoms in total. The molecule has 1 aliphatic carbocycles. The second-order valence-corrected chi connectivity index (χ2v) is 6.07. The summed E-state index contributed by atoms with van der Waals surface area (Å²) < 4.78 is 3.25. The van der Waals surface area contributed by atoms with Crippen molar-refractivity contribution in [3.8, 4) is 11.4 Å². The van der Waals surface area contributed by atoms with Gasteiger partial charge in [0.25, 0.3) is 11.5 Å². The first kappa shape index (κ1) is 15.3. The monoisotopic (exact) mass is 336 g/mol. The van der Waals surface area contributed by atoms with E-state index in [4.69, 9.17) is 0 Å². The molecule has 0 atom stereocenters. The Kier molecular flexibility index (Phi) is 3.64. The lowest BCUT2D eigenvalue weighted by Crippen LogP contribution is -2.19. The minimum absolute atomic E-state index is 0.227. The number of carbonyl (C=O) groups is 1. The van der Waals surface area contributed by atoms with Gasteiger partial charge in [0.15, 0.2) is 5.82 Å². The molecule has 0 spiro atoms. The molecule has 1 N–H and O–H groups in total. The molecule has 2 aromatic heterocycles. The van der Waals surface area contributed by atoms with Crippen molar-refractivity contribution in [3.63, 3.8) is 0 Å². The van der Waals surface area contributed by atoms with Gasteiger partial charge in [0.05, 0.1) is 6.04 Å². The average Bonchev–Trinajstić information content (AvgIpc) is 3.35. The fraction of sp³-hybridized carbons (Fsp3) is 0.235. The van der Waals surface area contributed by atoms with Gasteiger partial charge in [-0.15, -0.1) is 5.10 Å². The van der Waals surface area contributed by atoms with Crippen molar-refractivity contribution in [1.82, 2.24) is 24.8 Å². The summed E-state index contributed by atoms with van der Waals surface area (Å²) in [6, 6.07) is 10.6. The lowest BCUT2D eigenvalue weighted by molar-refractivity contribution is 0.102. The standard InChI is InChI=1S/C17H16N6O2/c1-22-9-8-12(10-15(22)24)17(25)18-13-4-2-11(3-5-13)16-19-20-21-23(16)14-6-7-14/h2-5,8-10,14H,6-7H2,1H3,(H,18,25). The molecule has 0 saturated heterocycles. The number of anilines is 1. The molecule has 1 saturated carbocycles. The van der Waals surface area contributed by atoms with Gasteiger partial charge >= 0.3 is 0 Å². The molecule has 0 bridgehead atoms. The van der Waals surface area contributed by atoms with E-state index < -0.39 is 0 Å². The smallest absolute Gasteiger partial charge is 0.255 e. The van der Waals surface area contributed by atoms with E-state index in [-0.39, 0.29) is 11.5 Å². The molecule has 3 aromatic rings. The number of benzene rings is 1. The van der Waals surface area contributed by atoms with E-state index in [0.717, 1.165) is 24.2 Å². The quantitative estimate of drug-likeness (QED) is 0.781. The minimum Gasteiger partial charge on any atom is -0.322 e. The Balaban J connectivity index is 1.52. The summed E-state index contributed by atoms with van der Waals surface area (Å²) in [5, 5.41) is 14.6. The van der Waals surface area contributed by atoms with Crippen molar-refractivity contribution in [2.75, 3.05) is 5.32 Å². The third-order valence-electron chi connectivity index (χ3n) is 4.15. The topological polar surface area (TPSA) is 94.7 Å². The second-order valence-electron chi connectivity index (χ2n) is 6.07. The zero-order valence-electron chi connectivity index (χ0n) is 13.6. The van der Waals surface area contributed by atoms with Crippen LogP contribution in [0.25, 0.3) is 11.4 Å². The van der Waals surface area contributed by atoms with E-state index in [1.54, 1.807) is 31.4 Å². The molecule has 1 fully saturated rings. The van der Waals surface area contributed by atoms with Crippen molar-refractivity contribution >= 4 is 11.6 Å². The lowest BCUT2D eigenvalue weighted by atomic mass is 10.2. The number of aryl methyl sites for hydroxylation is 1. The number of carbonyl (C=O) groups excluding carboxylic acids is 1. The zero-order valence-corrected chi connectivity index (χ0v) is 13.6. The maximum atomic E-state index is 12.2. The average molecular weight is 336 g/mol. The van der Waals surface area contributed by atoms with E-state index in [0.29, 0.717) is 17.3 Å². The third kappa shape index (κ3) is 3.06. The Morgan fingerprint density at radius 2 is 1.96 bits per heavy atom. The highest BCUT2D eigenvalue weighted by atomic mass is 16.2. The Morgan fingerprint density at radius 3 is 2.64 bits per heavy atom. The SMILES string of the molecule is Cn1ccc(C(=O)Nc2ccc(-c3nnnn3C3CC3)cc2)cc1=O. The molecule has 0 unspecified atom stereocenters. The number of amides is 1. The van der Waals surface area contributed by atoms with Crippen molar-refractivity contribution in [2.45, 2.75) is 18.9 Å². The summed E-state index contributed by atoms with van der Waals surface area (Å²) >= 11 is 0. The van der Waals surface area contributed by atoms with Gasteiger partial charge in [-0.3, -0.25) is 9.59 Å². The van der Waals surface area contributed by atoms with E-state index in [1.165, 1.54) is 10.6 Å². The normalized spacial score (nSPS) is 13.6. The van der Waals surface area contributed by atoms with Gasteiger partial charge < -0.3 is 9.88 Å². The summed E-state index contributed by atoms with van der Waals surface area (Å²) in [6.45, 7) is 0. The number of aromatic nitrogens is 5. The molecule has 2 heterocycles. The van der Waals surface area contributed by atoms with Crippen LogP contribution in [-0.4, -0.2) is 30.7 Å². The van der Waals surface area contributed by atoms with E-state index in [9.17, 15) is 9.59 Å². The molecule has 0 radical (unpaired) electrons. The Morgan fingerprint density at radius 1 is 1.20 bits per heavy atom. The van der Waals surface area contributed by atoms with Gasteiger partial charge in [0.2, 0.25) is 0 Å². The van der Waals surface area contributed by atoms with Crippen molar-refractivity contribution in [1.29, 1.82) is 0 Å². The summed E-state index contributed by atoms with van der Waals surface area (Å²) in [6.07, 6.45) is 3.77. The van der Waals surface area contributed by atoms with Crippen LogP contribution in [0.1, 0.15) is 29.2 Å². The molecule has 8 heteroatoms. The lowest BCUT2D eigenvalue weighted by Gasteiger charge is -2.07. The summed E-state index contributed by atoms with van der Waals surface area (Å²) in [7, 11) is 1.64. The van der Waals surface area contributed by atoms with Crippen molar-refractivity contribution < 1.29 is 4.79 Å². The molecule has 1 amide bonds. The summed E-state index contributed by atoms with van der Waals surface area (Å²) in [4.78, 5) is 23.9. The van der Waals surface area contributed by atoms with Crippen LogP contribution in [0.4, 0.5) is 5.69 Å². The molecule has 1 aliphatic rings. The number of rotatable bonds is 4. The van der Waals surface area contributed by atoms with Crippen LogP contribution in [-0.2, 0) is 7.05 Å². The van der Waals surface area contributed by atoms with Crippen LogP contribution in [0, 0.1) is 0 Å². The van der Waals surface area contributed by atoms with Crippen LogP contribution >= 0.6 is 0 Å². The van der Waals surface area contributed by atoms with Gasteiger partial charge in [-0.2, -0.15) is 0 Å². The number of hydrogen-bond acceptors (Lipinski definition) is 5. The minimum atomic E-state index is -0.326.